The summed E-state index contributed by atoms with van der Waals surface area (Å²) >= 11 is 0. The molecule has 1 aliphatic heterocycles. The van der Waals surface area contributed by atoms with Crippen LogP contribution in [0.1, 0.15) is 55.6 Å². The molecule has 0 amide bonds. The Hall–Kier alpha value is -3.03. The van der Waals surface area contributed by atoms with Crippen LogP contribution in [-0.4, -0.2) is 30.2 Å². The Balaban J connectivity index is 1.74. The number of nitrogens with zero attached hydrogens (tertiary/aromatic N) is 3. The quantitative estimate of drug-likeness (QED) is 0.492. The molecular formula is C24H27F3N4O. The third-order valence-electron chi connectivity index (χ3n) is 5.92. The van der Waals surface area contributed by atoms with E-state index in [1.165, 1.54) is 18.6 Å². The number of aryl methyl sites for hydroxylation is 1. The number of rotatable bonds is 6. The number of hydrogen-bond donors (Lipinski definition) is 1. The molecule has 1 atom stereocenters. The number of ether oxygens (including phenoxy) is 1. The number of hydrogen-bond acceptors (Lipinski definition) is 5. The minimum Gasteiger partial charge on any atom is -0.495 e. The van der Waals surface area contributed by atoms with Crippen LogP contribution in [0.3, 0.4) is 0 Å². The predicted molar refractivity (Wildman–Crippen MR) is 120 cm³/mol. The van der Waals surface area contributed by atoms with Gasteiger partial charge in [-0.15, -0.1) is 0 Å². The molecule has 2 heterocycles. The van der Waals surface area contributed by atoms with E-state index in [4.69, 9.17) is 4.74 Å². The van der Waals surface area contributed by atoms with E-state index in [0.29, 0.717) is 17.4 Å². The van der Waals surface area contributed by atoms with Gasteiger partial charge in [-0.3, -0.25) is 0 Å². The summed E-state index contributed by atoms with van der Waals surface area (Å²) in [5, 5.41) is 3.92. The van der Waals surface area contributed by atoms with E-state index < -0.39 is 23.8 Å². The van der Waals surface area contributed by atoms with Crippen molar-refractivity contribution in [3.63, 3.8) is 0 Å². The number of anilines is 2. The van der Waals surface area contributed by atoms with Crippen molar-refractivity contribution in [1.82, 2.24) is 9.97 Å². The lowest BCUT2D eigenvalue weighted by Gasteiger charge is -2.30. The van der Waals surface area contributed by atoms with Gasteiger partial charge in [0.15, 0.2) is 0 Å². The van der Waals surface area contributed by atoms with Crippen molar-refractivity contribution in [2.75, 3.05) is 30.4 Å². The zero-order valence-corrected chi connectivity index (χ0v) is 18.5. The van der Waals surface area contributed by atoms with Crippen molar-refractivity contribution in [3.8, 4) is 5.75 Å². The van der Waals surface area contributed by atoms with Crippen LogP contribution in [0, 0.1) is 12.7 Å². The van der Waals surface area contributed by atoms with Crippen LogP contribution >= 0.6 is 0 Å². The molecule has 0 saturated carbocycles. The molecular weight excluding hydrogens is 417 g/mol. The number of nitrogens with one attached hydrogen (secondary N) is 1. The first-order chi connectivity index (χ1) is 15.4. The average Bonchev–Trinajstić information content (AvgIpc) is 2.78. The highest BCUT2D eigenvalue weighted by Gasteiger charge is 2.22. The molecule has 1 aromatic heterocycles. The zero-order valence-electron chi connectivity index (χ0n) is 18.5. The SMILES string of the molecule is COc1cc2c(NC(C)c3cccc(C(F)F)c3F)nc(C)nc2cc1N1CCCCC1. The molecule has 1 saturated heterocycles. The number of aromatic nitrogens is 2. The van der Waals surface area contributed by atoms with Gasteiger partial charge in [0, 0.05) is 24.0 Å². The number of fused-ring (bicyclic) bond motifs is 1. The van der Waals surface area contributed by atoms with E-state index >= 15 is 0 Å². The second kappa shape index (κ2) is 9.22. The molecule has 0 spiro atoms. The lowest BCUT2D eigenvalue weighted by atomic mass is 10.0. The van der Waals surface area contributed by atoms with Gasteiger partial charge in [0.1, 0.15) is 23.2 Å². The molecule has 5 nitrogen and oxygen atoms in total. The first-order valence-corrected chi connectivity index (χ1v) is 10.8. The Bertz CT molecular complexity index is 1120. The summed E-state index contributed by atoms with van der Waals surface area (Å²) in [4.78, 5) is 11.4. The van der Waals surface area contributed by atoms with Gasteiger partial charge in [-0.25, -0.2) is 23.1 Å². The smallest absolute Gasteiger partial charge is 0.266 e. The predicted octanol–water partition coefficient (Wildman–Crippen LogP) is 6.19. The minimum atomic E-state index is -2.87. The van der Waals surface area contributed by atoms with Gasteiger partial charge in [0.2, 0.25) is 0 Å². The maximum absolute atomic E-state index is 14.7. The van der Waals surface area contributed by atoms with Gasteiger partial charge in [-0.1, -0.05) is 18.2 Å². The molecule has 170 valence electrons. The normalized spacial score (nSPS) is 15.3. The largest absolute Gasteiger partial charge is 0.495 e. The Morgan fingerprint density at radius 2 is 1.78 bits per heavy atom. The van der Waals surface area contributed by atoms with Crippen LogP contribution in [0.2, 0.25) is 0 Å². The maximum atomic E-state index is 14.7. The maximum Gasteiger partial charge on any atom is 0.266 e. The second-order valence-corrected chi connectivity index (χ2v) is 8.13. The van der Waals surface area contributed by atoms with E-state index in [2.05, 4.69) is 20.2 Å². The average molecular weight is 445 g/mol. The Morgan fingerprint density at radius 1 is 1.06 bits per heavy atom. The van der Waals surface area contributed by atoms with Crippen LogP contribution < -0.4 is 15.0 Å². The highest BCUT2D eigenvalue weighted by Crippen LogP contribution is 2.37. The third kappa shape index (κ3) is 4.31. The summed E-state index contributed by atoms with van der Waals surface area (Å²) in [7, 11) is 1.63. The molecule has 0 radical (unpaired) electrons. The van der Waals surface area contributed by atoms with Gasteiger partial charge in [-0.05, 0) is 45.2 Å². The monoisotopic (exact) mass is 444 g/mol. The molecule has 1 N–H and O–H groups in total. The van der Waals surface area contributed by atoms with Crippen LogP contribution in [0.5, 0.6) is 5.75 Å². The van der Waals surface area contributed by atoms with E-state index in [9.17, 15) is 13.2 Å². The summed E-state index contributed by atoms with van der Waals surface area (Å²) in [5.41, 5.74) is 1.29. The molecule has 0 aliphatic carbocycles. The second-order valence-electron chi connectivity index (χ2n) is 8.13. The highest BCUT2D eigenvalue weighted by atomic mass is 19.3. The van der Waals surface area contributed by atoms with Crippen molar-refractivity contribution in [2.45, 2.75) is 45.6 Å². The first-order valence-electron chi connectivity index (χ1n) is 10.8. The lowest BCUT2D eigenvalue weighted by Crippen LogP contribution is -2.29. The summed E-state index contributed by atoms with van der Waals surface area (Å²) < 4.78 is 46.6. The Morgan fingerprint density at radius 3 is 2.47 bits per heavy atom. The number of methoxy groups -OCH3 is 1. The van der Waals surface area contributed by atoms with Crippen molar-refractivity contribution in [2.24, 2.45) is 0 Å². The number of halogens is 3. The fourth-order valence-electron chi connectivity index (χ4n) is 4.27. The van der Waals surface area contributed by atoms with Gasteiger partial charge in [0.05, 0.1) is 29.9 Å². The van der Waals surface area contributed by atoms with Gasteiger partial charge < -0.3 is 15.0 Å². The molecule has 1 unspecified atom stereocenters. The number of piperidine rings is 1. The summed E-state index contributed by atoms with van der Waals surface area (Å²) in [5.74, 6) is 0.880. The molecule has 0 bridgehead atoms. The van der Waals surface area contributed by atoms with Crippen molar-refractivity contribution < 1.29 is 17.9 Å². The molecule has 1 fully saturated rings. The van der Waals surface area contributed by atoms with Gasteiger partial charge >= 0.3 is 0 Å². The zero-order chi connectivity index (χ0) is 22.8. The molecule has 3 aromatic rings. The van der Waals surface area contributed by atoms with E-state index in [1.54, 1.807) is 21.0 Å². The third-order valence-corrected chi connectivity index (χ3v) is 5.92. The van der Waals surface area contributed by atoms with E-state index in [-0.39, 0.29) is 5.56 Å². The Kier molecular flexibility index (Phi) is 6.39. The number of alkyl halides is 2. The highest BCUT2D eigenvalue weighted by molar-refractivity contribution is 5.94. The van der Waals surface area contributed by atoms with Gasteiger partial charge in [-0.2, -0.15) is 0 Å². The Labute approximate surface area is 185 Å². The molecule has 8 heteroatoms. The van der Waals surface area contributed by atoms with E-state index in [1.807, 2.05) is 12.1 Å². The topological polar surface area (TPSA) is 50.3 Å². The van der Waals surface area contributed by atoms with E-state index in [0.717, 1.165) is 48.6 Å². The van der Waals surface area contributed by atoms with Crippen LogP contribution in [0.4, 0.5) is 24.7 Å². The fourth-order valence-corrected chi connectivity index (χ4v) is 4.27. The summed E-state index contributed by atoms with van der Waals surface area (Å²) in [6.45, 7) is 5.44. The van der Waals surface area contributed by atoms with Crippen molar-refractivity contribution in [1.29, 1.82) is 0 Å². The molecule has 1 aliphatic rings. The van der Waals surface area contributed by atoms with Crippen LogP contribution in [0.15, 0.2) is 30.3 Å². The lowest BCUT2D eigenvalue weighted by molar-refractivity contribution is 0.146. The fraction of sp³-hybridized carbons (Fsp3) is 0.417. The standard InChI is InChI=1S/C24H27F3N4O/c1-14(16-8-7-9-17(22(16)25)23(26)27)28-24-18-12-21(32-3)20(31-10-5-4-6-11-31)13-19(18)29-15(2)30-24/h7-9,12-14,23H,4-6,10-11H2,1-3H3,(H,28,29,30). The molecule has 4 rings (SSSR count). The van der Waals surface area contributed by atoms with Crippen molar-refractivity contribution in [3.05, 3.63) is 53.1 Å². The minimum absolute atomic E-state index is 0.157. The molecule has 32 heavy (non-hydrogen) atoms. The number of benzene rings is 2. The van der Waals surface area contributed by atoms with Crippen LogP contribution in [0.25, 0.3) is 10.9 Å². The summed E-state index contributed by atoms with van der Waals surface area (Å²) in [6.07, 6.45) is 0.625. The van der Waals surface area contributed by atoms with Crippen LogP contribution in [-0.2, 0) is 0 Å². The van der Waals surface area contributed by atoms with Gasteiger partial charge in [0.25, 0.3) is 6.43 Å². The van der Waals surface area contributed by atoms with Crippen molar-refractivity contribution >= 4 is 22.4 Å². The molecule has 2 aromatic carbocycles. The first kappa shape index (κ1) is 22.2. The summed E-state index contributed by atoms with van der Waals surface area (Å²) in [6, 6.07) is 7.35.